The van der Waals surface area contributed by atoms with Crippen LogP contribution < -0.4 is 5.32 Å². The van der Waals surface area contributed by atoms with Crippen LogP contribution in [0.2, 0.25) is 0 Å². The van der Waals surface area contributed by atoms with Crippen molar-refractivity contribution in [3.8, 4) is 11.5 Å². The molecule has 7 rings (SSSR count). The van der Waals surface area contributed by atoms with E-state index in [0.717, 1.165) is 13.2 Å². The molecule has 57 heavy (non-hydrogen) atoms. The number of nitrogens with one attached hydrogen (secondary N) is 1. The standard InChI is InChI=1S/C40H39FN2O14/c1-15-9-18-10-25(46)40(56-4)36(52)28-21(35(51)39(40,54)29(18)33(50)26(15)37(53)42-13-17-5-7-19(41)8-6-17)11-20-27(32(28)49)24(45)12-23(30(20)47)43-38-22(14-44)31(48)34(55-3)16(2)57-38/h5-9,11,16,22,25,31,34,38,44,46,48-50,54H,10,12-14H2,1-4H3,(H,42,53)/t16-,22?,25+,31-,34-,38?,39-,40+/m0/s1. The summed E-state index contributed by atoms with van der Waals surface area (Å²) in [5, 5.41) is 71.1. The van der Waals surface area contributed by atoms with E-state index in [9.17, 15) is 59.0 Å². The third-order valence-electron chi connectivity index (χ3n) is 11.6. The van der Waals surface area contributed by atoms with Gasteiger partial charge in [0.05, 0.1) is 59.7 Å². The van der Waals surface area contributed by atoms with Crippen molar-refractivity contribution < 1.29 is 73.2 Å². The Kier molecular flexibility index (Phi) is 10.0. The van der Waals surface area contributed by atoms with E-state index >= 15 is 0 Å². The number of carbonyl (C=O) groups excluding carboxylic acids is 5. The van der Waals surface area contributed by atoms with E-state index in [2.05, 4.69) is 10.3 Å². The molecule has 1 aliphatic heterocycles. The number of rotatable bonds is 7. The van der Waals surface area contributed by atoms with Gasteiger partial charge in [0.15, 0.2) is 23.2 Å². The van der Waals surface area contributed by atoms with E-state index in [-0.39, 0.29) is 17.7 Å². The number of phenols is 2. The lowest BCUT2D eigenvalue weighted by atomic mass is 9.56. The number of amides is 1. The van der Waals surface area contributed by atoms with E-state index in [0.29, 0.717) is 5.56 Å². The van der Waals surface area contributed by atoms with E-state index < -0.39 is 153 Å². The Morgan fingerprint density at radius 2 is 1.70 bits per heavy atom. The Hall–Kier alpha value is -5.27. The van der Waals surface area contributed by atoms with E-state index in [4.69, 9.17) is 14.2 Å². The van der Waals surface area contributed by atoms with Crippen LogP contribution in [0.15, 0.2) is 41.4 Å². The summed E-state index contributed by atoms with van der Waals surface area (Å²) >= 11 is 0. The van der Waals surface area contributed by atoms with Gasteiger partial charge in [-0.2, -0.15) is 0 Å². The molecule has 0 spiro atoms. The summed E-state index contributed by atoms with van der Waals surface area (Å²) in [6, 6.07) is 7.38. The number of hydrogen-bond acceptors (Lipinski definition) is 15. The van der Waals surface area contributed by atoms with Gasteiger partial charge >= 0.3 is 0 Å². The number of ether oxygens (including phenoxy) is 3. The molecule has 1 saturated heterocycles. The first-order valence-corrected chi connectivity index (χ1v) is 17.9. The second-order valence-electron chi connectivity index (χ2n) is 14.6. The van der Waals surface area contributed by atoms with Crippen molar-refractivity contribution in [1.29, 1.82) is 0 Å². The molecule has 17 heteroatoms. The van der Waals surface area contributed by atoms with E-state index in [1.54, 1.807) is 6.92 Å². The number of aromatic hydroxyl groups is 2. The predicted molar refractivity (Wildman–Crippen MR) is 193 cm³/mol. The monoisotopic (exact) mass is 790 g/mol. The summed E-state index contributed by atoms with van der Waals surface area (Å²) in [6.45, 7) is 2.26. The second kappa shape index (κ2) is 14.3. The minimum atomic E-state index is -3.30. The molecule has 2 unspecified atom stereocenters. The van der Waals surface area contributed by atoms with Gasteiger partial charge in [-0.1, -0.05) is 18.2 Å². The Labute approximate surface area is 323 Å². The lowest BCUT2D eigenvalue weighted by Crippen LogP contribution is -2.73. The zero-order chi connectivity index (χ0) is 41.5. The Balaban J connectivity index is 1.35. The number of fused-ring (bicyclic) bond motifs is 5. The average Bonchev–Trinajstić information content (AvgIpc) is 3.15. The fourth-order valence-corrected chi connectivity index (χ4v) is 8.74. The number of methoxy groups -OCH3 is 2. The van der Waals surface area contributed by atoms with Crippen molar-refractivity contribution >= 4 is 34.8 Å². The van der Waals surface area contributed by atoms with Crippen molar-refractivity contribution in [3.05, 3.63) is 92.3 Å². The van der Waals surface area contributed by atoms with Crippen LogP contribution in [0, 0.1) is 18.7 Å². The number of hydrogen-bond donors (Lipinski definition) is 7. The smallest absolute Gasteiger partial charge is 0.255 e. The van der Waals surface area contributed by atoms with Gasteiger partial charge < -0.3 is 50.2 Å². The van der Waals surface area contributed by atoms with E-state index in [1.807, 2.05) is 0 Å². The molecule has 7 N–H and O–H groups in total. The second-order valence-corrected chi connectivity index (χ2v) is 14.6. The minimum absolute atomic E-state index is 0.0340. The third-order valence-corrected chi connectivity index (χ3v) is 11.6. The molecule has 3 aliphatic carbocycles. The summed E-state index contributed by atoms with van der Waals surface area (Å²) < 4.78 is 30.1. The zero-order valence-corrected chi connectivity index (χ0v) is 31.0. The molecule has 8 atom stereocenters. The number of nitrogens with zero attached hydrogens (tertiary/aromatic N) is 1. The number of Topliss-reactive ketones (excluding diaryl/α,β-unsaturated/α-hetero) is 4. The molecule has 3 aromatic rings. The van der Waals surface area contributed by atoms with E-state index in [1.165, 1.54) is 44.4 Å². The molecule has 0 saturated carbocycles. The fraction of sp³-hybridized carbons (Fsp3) is 0.400. The van der Waals surface area contributed by atoms with Crippen molar-refractivity contribution in [2.24, 2.45) is 10.9 Å². The molecule has 4 aliphatic rings. The number of halogens is 1. The Morgan fingerprint density at radius 3 is 2.33 bits per heavy atom. The lowest BCUT2D eigenvalue weighted by molar-refractivity contribution is -0.206. The first kappa shape index (κ1) is 39.9. The van der Waals surface area contributed by atoms with Crippen LogP contribution in [0.5, 0.6) is 11.5 Å². The van der Waals surface area contributed by atoms with Gasteiger partial charge in [0.25, 0.3) is 5.91 Å². The van der Waals surface area contributed by atoms with Gasteiger partial charge in [0.2, 0.25) is 17.3 Å². The maximum absolute atomic E-state index is 14.8. The molecule has 3 aromatic carbocycles. The molecule has 16 nitrogen and oxygen atoms in total. The molecular formula is C40H39FN2O14. The maximum atomic E-state index is 14.8. The predicted octanol–water partition coefficient (Wildman–Crippen LogP) is 0.984. The van der Waals surface area contributed by atoms with Crippen LogP contribution in [0.1, 0.15) is 87.4 Å². The molecule has 1 fully saturated rings. The van der Waals surface area contributed by atoms with Crippen molar-refractivity contribution in [3.63, 3.8) is 0 Å². The first-order chi connectivity index (χ1) is 27.0. The highest BCUT2D eigenvalue weighted by Gasteiger charge is 2.72. The number of benzene rings is 3. The normalized spacial score (nSPS) is 30.1. The van der Waals surface area contributed by atoms with Crippen LogP contribution in [0.25, 0.3) is 0 Å². The van der Waals surface area contributed by atoms with Crippen LogP contribution in [0.3, 0.4) is 0 Å². The largest absolute Gasteiger partial charge is 0.507 e. The van der Waals surface area contributed by atoms with Gasteiger partial charge in [0, 0.05) is 43.9 Å². The molecule has 1 heterocycles. The van der Waals surface area contributed by atoms with Crippen LogP contribution in [-0.2, 0) is 32.8 Å². The van der Waals surface area contributed by atoms with Gasteiger partial charge in [-0.3, -0.25) is 29.0 Å². The highest BCUT2D eigenvalue weighted by molar-refractivity contribution is 6.53. The number of aliphatic hydroxyl groups excluding tert-OH is 3. The highest BCUT2D eigenvalue weighted by atomic mass is 19.1. The zero-order valence-electron chi connectivity index (χ0n) is 31.0. The number of phenolic OH excluding ortho intramolecular Hbond substituents is 2. The van der Waals surface area contributed by atoms with Crippen LogP contribution in [0.4, 0.5) is 4.39 Å². The lowest BCUT2D eigenvalue weighted by Gasteiger charge is -2.53. The summed E-state index contributed by atoms with van der Waals surface area (Å²) in [5.41, 5.74) is -9.93. The molecule has 300 valence electrons. The number of ketones is 4. The van der Waals surface area contributed by atoms with Crippen LogP contribution >= 0.6 is 0 Å². The summed E-state index contributed by atoms with van der Waals surface area (Å²) in [7, 11) is 2.24. The topological polar surface area (TPSA) is 259 Å². The summed E-state index contributed by atoms with van der Waals surface area (Å²) in [4.78, 5) is 75.0. The van der Waals surface area contributed by atoms with Gasteiger partial charge in [-0.15, -0.1) is 0 Å². The minimum Gasteiger partial charge on any atom is -0.507 e. The number of aliphatic imine (C=N–C) groups is 1. The van der Waals surface area contributed by atoms with Crippen LogP contribution in [-0.4, -0.2) is 122 Å². The number of aliphatic hydroxyl groups is 4. The number of aryl methyl sites for hydroxylation is 1. The quantitative estimate of drug-likeness (QED) is 0.176. The molecule has 1 amide bonds. The Bertz CT molecular complexity index is 2290. The SMILES string of the molecule is CO[C@H]1[C@H](C)OC(N=C2CC(=O)c3c(cc4c(c3O)C(=O)[C@]3(OC)[C@H](O)Cc5cc(C)c(C(=O)NCc6ccc(F)cc6)c(O)c5[C@]3(O)C4=O)C2=O)C(CO)[C@@H]1O. The average molecular weight is 791 g/mol. The molecule has 0 aromatic heterocycles. The number of carbonyl (C=O) groups is 5. The molecular weight excluding hydrogens is 751 g/mol. The van der Waals surface area contributed by atoms with Crippen molar-refractivity contribution in [2.45, 2.75) is 75.1 Å². The fourth-order valence-electron chi connectivity index (χ4n) is 8.74. The summed E-state index contributed by atoms with van der Waals surface area (Å²) in [6.07, 6.45) is -7.43. The highest BCUT2D eigenvalue weighted by Crippen LogP contribution is 2.56. The first-order valence-electron chi connectivity index (χ1n) is 17.9. The van der Waals surface area contributed by atoms with Crippen molar-refractivity contribution in [2.75, 3.05) is 20.8 Å². The summed E-state index contributed by atoms with van der Waals surface area (Å²) in [5.74, 6) is -9.18. The van der Waals surface area contributed by atoms with Gasteiger partial charge in [-0.25, -0.2) is 4.39 Å². The molecule has 0 radical (unpaired) electrons. The maximum Gasteiger partial charge on any atom is 0.255 e. The van der Waals surface area contributed by atoms with Gasteiger partial charge in [-0.05, 0) is 48.7 Å². The van der Waals surface area contributed by atoms with Gasteiger partial charge in [0.1, 0.15) is 23.4 Å². The van der Waals surface area contributed by atoms with Crippen molar-refractivity contribution in [1.82, 2.24) is 5.32 Å². The third kappa shape index (κ3) is 5.67. The Morgan fingerprint density at radius 1 is 1.02 bits per heavy atom. The molecule has 0 bridgehead atoms.